The van der Waals surface area contributed by atoms with Gasteiger partial charge in [0, 0.05) is 18.5 Å². The first-order valence-corrected chi connectivity index (χ1v) is 6.43. The molecule has 108 valence electrons. The molecule has 1 aromatic carbocycles. The van der Waals surface area contributed by atoms with E-state index >= 15 is 0 Å². The summed E-state index contributed by atoms with van der Waals surface area (Å²) in [5.74, 6) is -4.40. The van der Waals surface area contributed by atoms with Gasteiger partial charge < -0.3 is 10.0 Å². The number of piperidine rings is 1. The van der Waals surface area contributed by atoms with Gasteiger partial charge in [-0.3, -0.25) is 9.59 Å². The molecule has 1 aliphatic rings. The maximum absolute atomic E-state index is 14.0. The topological polar surface area (TPSA) is 57.6 Å². The Hall–Kier alpha value is -1.98. The highest BCUT2D eigenvalue weighted by Gasteiger charge is 2.41. The summed E-state index contributed by atoms with van der Waals surface area (Å²) in [4.78, 5) is 24.5. The van der Waals surface area contributed by atoms with Crippen molar-refractivity contribution in [2.24, 2.45) is 5.92 Å². The molecule has 2 unspecified atom stereocenters. The summed E-state index contributed by atoms with van der Waals surface area (Å²) in [6.07, 6.45) is 0.240. The summed E-state index contributed by atoms with van der Waals surface area (Å²) < 4.78 is 27.3. The molecular weight excluding hydrogens is 268 g/mol. The van der Waals surface area contributed by atoms with Crippen LogP contribution < -0.4 is 0 Å². The Balaban J connectivity index is 2.52. The lowest BCUT2D eigenvalue weighted by atomic mass is 9.84. The van der Waals surface area contributed by atoms with Gasteiger partial charge in [-0.05, 0) is 19.4 Å². The van der Waals surface area contributed by atoms with Crippen molar-refractivity contribution in [1.82, 2.24) is 4.90 Å². The Labute approximate surface area is 115 Å². The van der Waals surface area contributed by atoms with Crippen LogP contribution in [0.5, 0.6) is 0 Å². The molecule has 0 aromatic heterocycles. The van der Waals surface area contributed by atoms with Crippen molar-refractivity contribution in [2.75, 3.05) is 6.54 Å². The summed E-state index contributed by atoms with van der Waals surface area (Å²) >= 11 is 0. The van der Waals surface area contributed by atoms with Crippen LogP contribution in [-0.4, -0.2) is 28.4 Å². The van der Waals surface area contributed by atoms with Gasteiger partial charge in [-0.2, -0.15) is 0 Å². The predicted octanol–water partition coefficient (Wildman–Crippen LogP) is 2.35. The molecule has 1 heterocycles. The number of nitrogens with zero attached hydrogens (tertiary/aromatic N) is 1. The first-order chi connectivity index (χ1) is 9.47. The minimum atomic E-state index is -1.11. The number of amides is 1. The summed E-state index contributed by atoms with van der Waals surface area (Å²) in [6.45, 7) is 1.94. The zero-order valence-electron chi connectivity index (χ0n) is 11.0. The van der Waals surface area contributed by atoms with Gasteiger partial charge in [0.25, 0.3) is 0 Å². The molecule has 1 saturated heterocycles. The molecule has 4 nitrogen and oxygen atoms in total. The fraction of sp³-hybridized carbons (Fsp3) is 0.429. The Morgan fingerprint density at radius 2 is 2.15 bits per heavy atom. The van der Waals surface area contributed by atoms with E-state index in [1.165, 1.54) is 17.0 Å². The average Bonchev–Trinajstić information content (AvgIpc) is 2.41. The minimum absolute atomic E-state index is 0.0766. The fourth-order valence-corrected chi connectivity index (χ4v) is 2.72. The SMILES string of the molecule is CCN1C(=O)CCC(C(=O)O)C1c1cccc(F)c1F. The quantitative estimate of drug-likeness (QED) is 0.926. The molecule has 1 aromatic rings. The zero-order chi connectivity index (χ0) is 14.9. The summed E-state index contributed by atoms with van der Waals surface area (Å²) in [5, 5.41) is 9.28. The van der Waals surface area contributed by atoms with Gasteiger partial charge in [-0.15, -0.1) is 0 Å². The van der Waals surface area contributed by atoms with Gasteiger partial charge in [-0.1, -0.05) is 12.1 Å². The Kier molecular flexibility index (Phi) is 4.01. The van der Waals surface area contributed by atoms with Gasteiger partial charge in [-0.25, -0.2) is 8.78 Å². The molecule has 0 radical (unpaired) electrons. The van der Waals surface area contributed by atoms with Crippen LogP contribution in [-0.2, 0) is 9.59 Å². The number of likely N-dealkylation sites (tertiary alicyclic amines) is 1. The Bertz CT molecular complexity index is 545. The van der Waals surface area contributed by atoms with E-state index in [0.29, 0.717) is 0 Å². The number of carbonyl (C=O) groups excluding carboxylic acids is 1. The van der Waals surface area contributed by atoms with E-state index in [1.54, 1.807) is 6.92 Å². The second-order valence-corrected chi connectivity index (χ2v) is 4.75. The molecule has 2 atom stereocenters. The van der Waals surface area contributed by atoms with Gasteiger partial charge in [0.05, 0.1) is 12.0 Å². The van der Waals surface area contributed by atoms with E-state index in [1.807, 2.05) is 0 Å². The van der Waals surface area contributed by atoms with Crippen molar-refractivity contribution in [3.63, 3.8) is 0 Å². The third-order valence-corrected chi connectivity index (χ3v) is 3.66. The normalized spacial score (nSPS) is 22.9. The molecule has 0 saturated carbocycles. The van der Waals surface area contributed by atoms with Gasteiger partial charge in [0.15, 0.2) is 11.6 Å². The van der Waals surface area contributed by atoms with Crippen LogP contribution >= 0.6 is 0 Å². The van der Waals surface area contributed by atoms with Crippen LogP contribution in [0.2, 0.25) is 0 Å². The maximum Gasteiger partial charge on any atom is 0.308 e. The minimum Gasteiger partial charge on any atom is -0.481 e. The molecule has 1 fully saturated rings. The van der Waals surface area contributed by atoms with Crippen molar-refractivity contribution >= 4 is 11.9 Å². The van der Waals surface area contributed by atoms with Gasteiger partial charge >= 0.3 is 5.97 Å². The van der Waals surface area contributed by atoms with Crippen LogP contribution in [0.1, 0.15) is 31.4 Å². The van der Waals surface area contributed by atoms with Gasteiger partial charge in [0.1, 0.15) is 0 Å². The zero-order valence-corrected chi connectivity index (χ0v) is 11.0. The maximum atomic E-state index is 14.0. The van der Waals surface area contributed by atoms with E-state index in [9.17, 15) is 23.5 Å². The number of aliphatic carboxylic acids is 1. The second-order valence-electron chi connectivity index (χ2n) is 4.75. The lowest BCUT2D eigenvalue weighted by Gasteiger charge is -2.39. The molecule has 0 aliphatic carbocycles. The molecule has 20 heavy (non-hydrogen) atoms. The first kappa shape index (κ1) is 14.4. The smallest absolute Gasteiger partial charge is 0.308 e. The molecule has 0 bridgehead atoms. The number of carboxylic acids is 1. The van der Waals surface area contributed by atoms with Crippen LogP contribution in [0.25, 0.3) is 0 Å². The van der Waals surface area contributed by atoms with E-state index in [4.69, 9.17) is 0 Å². The van der Waals surface area contributed by atoms with E-state index in [2.05, 4.69) is 0 Å². The number of hydrogen-bond acceptors (Lipinski definition) is 2. The number of rotatable bonds is 3. The van der Waals surface area contributed by atoms with Crippen molar-refractivity contribution in [3.05, 3.63) is 35.4 Å². The molecule has 1 amide bonds. The number of halogens is 2. The lowest BCUT2D eigenvalue weighted by Crippen LogP contribution is -2.45. The van der Waals surface area contributed by atoms with Crippen molar-refractivity contribution in [1.29, 1.82) is 0 Å². The van der Waals surface area contributed by atoms with E-state index < -0.39 is 29.6 Å². The Morgan fingerprint density at radius 1 is 1.45 bits per heavy atom. The van der Waals surface area contributed by atoms with Crippen molar-refractivity contribution in [3.8, 4) is 0 Å². The molecule has 1 aliphatic heterocycles. The number of carboxylic acid groups (broad SMARTS) is 1. The van der Waals surface area contributed by atoms with Crippen molar-refractivity contribution < 1.29 is 23.5 Å². The first-order valence-electron chi connectivity index (χ1n) is 6.43. The monoisotopic (exact) mass is 283 g/mol. The molecular formula is C14H15F2NO3. The highest BCUT2D eigenvalue weighted by atomic mass is 19.2. The van der Waals surface area contributed by atoms with Crippen molar-refractivity contribution in [2.45, 2.75) is 25.8 Å². The lowest BCUT2D eigenvalue weighted by molar-refractivity contribution is -0.152. The molecule has 2 rings (SSSR count). The van der Waals surface area contributed by atoms with E-state index in [-0.39, 0.29) is 30.9 Å². The molecule has 1 N–H and O–H groups in total. The molecule has 0 spiro atoms. The van der Waals surface area contributed by atoms with Crippen LogP contribution in [0.15, 0.2) is 18.2 Å². The third kappa shape index (κ3) is 2.37. The highest BCUT2D eigenvalue weighted by Crippen LogP contribution is 2.38. The van der Waals surface area contributed by atoms with Gasteiger partial charge in [0.2, 0.25) is 5.91 Å². The second kappa shape index (κ2) is 5.56. The third-order valence-electron chi connectivity index (χ3n) is 3.66. The summed E-state index contributed by atoms with van der Waals surface area (Å²) in [6, 6.07) is 2.66. The van der Waals surface area contributed by atoms with E-state index in [0.717, 1.165) is 6.07 Å². The average molecular weight is 283 g/mol. The van der Waals surface area contributed by atoms with Crippen LogP contribution in [0, 0.1) is 17.6 Å². The number of benzene rings is 1. The fourth-order valence-electron chi connectivity index (χ4n) is 2.72. The van der Waals surface area contributed by atoms with Crippen LogP contribution in [0.3, 0.4) is 0 Å². The van der Waals surface area contributed by atoms with Crippen LogP contribution in [0.4, 0.5) is 8.78 Å². The number of hydrogen-bond donors (Lipinski definition) is 1. The predicted molar refractivity (Wildman–Crippen MR) is 66.8 cm³/mol. The largest absolute Gasteiger partial charge is 0.481 e. The molecule has 6 heteroatoms. The highest BCUT2D eigenvalue weighted by molar-refractivity contribution is 5.81. The number of carbonyl (C=O) groups is 2. The summed E-state index contributed by atoms with van der Waals surface area (Å²) in [5.41, 5.74) is -0.0766. The summed E-state index contributed by atoms with van der Waals surface area (Å²) in [7, 11) is 0. The standard InChI is InChI=1S/C14H15F2NO3/c1-2-17-11(18)7-6-9(14(19)20)13(17)8-4-3-5-10(15)12(8)16/h3-5,9,13H,2,6-7H2,1H3,(H,19,20). The Morgan fingerprint density at radius 3 is 2.75 bits per heavy atom.